The minimum atomic E-state index is -0.138. The fourth-order valence-corrected chi connectivity index (χ4v) is 3.05. The zero-order chi connectivity index (χ0) is 17.7. The lowest BCUT2D eigenvalue weighted by Gasteiger charge is -2.21. The molecule has 0 atom stereocenters. The number of para-hydroxylation sites is 1. The molecule has 0 heterocycles. The Balaban J connectivity index is 2.25. The van der Waals surface area contributed by atoms with Crippen molar-refractivity contribution in [1.82, 2.24) is 4.90 Å². The molecule has 2 rings (SSSR count). The summed E-state index contributed by atoms with van der Waals surface area (Å²) in [5.41, 5.74) is 3.39. The summed E-state index contributed by atoms with van der Waals surface area (Å²) < 4.78 is 0.948. The second-order valence-corrected chi connectivity index (χ2v) is 6.66. The molecule has 0 aliphatic rings. The van der Waals surface area contributed by atoms with Gasteiger partial charge in [0.2, 0.25) is 5.91 Å². The number of hydrogen-bond acceptors (Lipinski definition) is 2. The molecular formula is C19H21IN2O2. The third-order valence-corrected chi connectivity index (χ3v) is 5.32. The zero-order valence-corrected chi connectivity index (χ0v) is 16.3. The van der Waals surface area contributed by atoms with Crippen molar-refractivity contribution in [3.63, 3.8) is 0 Å². The SMILES string of the molecule is CCN(Cc1ccccc1NC(=O)c1cccc(C)c1I)C(C)=O. The third-order valence-electron chi connectivity index (χ3n) is 3.89. The van der Waals surface area contributed by atoms with E-state index in [0.29, 0.717) is 18.7 Å². The van der Waals surface area contributed by atoms with Crippen LogP contribution in [0.5, 0.6) is 0 Å². The Kier molecular flexibility index (Phi) is 6.36. The molecule has 5 heteroatoms. The number of anilines is 1. The molecule has 0 spiro atoms. The van der Waals surface area contributed by atoms with Crippen molar-refractivity contribution < 1.29 is 9.59 Å². The maximum absolute atomic E-state index is 12.6. The largest absolute Gasteiger partial charge is 0.339 e. The number of amides is 2. The Morgan fingerprint density at radius 3 is 2.50 bits per heavy atom. The van der Waals surface area contributed by atoms with E-state index in [9.17, 15) is 9.59 Å². The van der Waals surface area contributed by atoms with Gasteiger partial charge in [-0.15, -0.1) is 0 Å². The second kappa shape index (κ2) is 8.28. The average molecular weight is 436 g/mol. The van der Waals surface area contributed by atoms with Crippen LogP contribution in [0.4, 0.5) is 5.69 Å². The van der Waals surface area contributed by atoms with E-state index in [-0.39, 0.29) is 11.8 Å². The standard InChI is InChI=1S/C19H21IN2O2/c1-4-22(14(3)23)12-15-9-5-6-11-17(15)21-19(24)16-10-7-8-13(2)18(16)20/h5-11H,4,12H2,1-3H3,(H,21,24). The van der Waals surface area contributed by atoms with Crippen LogP contribution in [-0.2, 0) is 11.3 Å². The molecule has 2 aromatic carbocycles. The minimum absolute atomic E-state index is 0.0202. The van der Waals surface area contributed by atoms with Gasteiger partial charge in [-0.1, -0.05) is 30.3 Å². The molecule has 0 fully saturated rings. The molecule has 126 valence electrons. The minimum Gasteiger partial charge on any atom is -0.339 e. The van der Waals surface area contributed by atoms with Crippen molar-refractivity contribution in [1.29, 1.82) is 0 Å². The third kappa shape index (κ3) is 4.35. The van der Waals surface area contributed by atoms with Gasteiger partial charge in [0.05, 0.1) is 5.56 Å². The quantitative estimate of drug-likeness (QED) is 0.714. The summed E-state index contributed by atoms with van der Waals surface area (Å²) in [5, 5.41) is 2.98. The Bertz CT molecular complexity index is 759. The molecular weight excluding hydrogens is 415 g/mol. The monoisotopic (exact) mass is 436 g/mol. The van der Waals surface area contributed by atoms with E-state index in [1.165, 1.54) is 0 Å². The second-order valence-electron chi connectivity index (χ2n) is 5.58. The first-order chi connectivity index (χ1) is 11.4. The van der Waals surface area contributed by atoms with Crippen LogP contribution < -0.4 is 5.32 Å². The molecule has 24 heavy (non-hydrogen) atoms. The Morgan fingerprint density at radius 2 is 1.83 bits per heavy atom. The molecule has 2 amide bonds. The smallest absolute Gasteiger partial charge is 0.256 e. The van der Waals surface area contributed by atoms with Crippen LogP contribution in [0.2, 0.25) is 0 Å². The first-order valence-corrected chi connectivity index (χ1v) is 8.91. The molecule has 0 aliphatic carbocycles. The Morgan fingerprint density at radius 1 is 1.12 bits per heavy atom. The Hall–Kier alpha value is -1.89. The van der Waals surface area contributed by atoms with E-state index in [2.05, 4.69) is 27.9 Å². The Labute approximate surface area is 156 Å². The lowest BCUT2D eigenvalue weighted by Crippen LogP contribution is -2.28. The fourth-order valence-electron chi connectivity index (χ4n) is 2.44. The molecule has 0 aromatic heterocycles. The first-order valence-electron chi connectivity index (χ1n) is 7.84. The number of hydrogen-bond donors (Lipinski definition) is 1. The van der Waals surface area contributed by atoms with Crippen LogP contribution in [0.3, 0.4) is 0 Å². The van der Waals surface area contributed by atoms with Crippen LogP contribution in [0.1, 0.15) is 35.3 Å². The number of carbonyl (C=O) groups is 2. The summed E-state index contributed by atoms with van der Waals surface area (Å²) >= 11 is 2.19. The highest BCUT2D eigenvalue weighted by Gasteiger charge is 2.15. The predicted octanol–water partition coefficient (Wildman–Crippen LogP) is 4.22. The summed E-state index contributed by atoms with van der Waals surface area (Å²) in [5.74, 6) is -0.117. The highest BCUT2D eigenvalue weighted by Crippen LogP contribution is 2.21. The predicted molar refractivity (Wildman–Crippen MR) is 105 cm³/mol. The van der Waals surface area contributed by atoms with E-state index in [4.69, 9.17) is 0 Å². The van der Waals surface area contributed by atoms with Gasteiger partial charge in [0, 0.05) is 29.3 Å². The van der Waals surface area contributed by atoms with E-state index >= 15 is 0 Å². The summed E-state index contributed by atoms with van der Waals surface area (Å²) in [6.07, 6.45) is 0. The van der Waals surface area contributed by atoms with Crippen molar-refractivity contribution in [2.75, 3.05) is 11.9 Å². The molecule has 0 unspecified atom stereocenters. The van der Waals surface area contributed by atoms with Gasteiger partial charge in [-0.3, -0.25) is 9.59 Å². The average Bonchev–Trinajstić information content (AvgIpc) is 2.56. The lowest BCUT2D eigenvalue weighted by atomic mass is 10.1. The van der Waals surface area contributed by atoms with Crippen LogP contribution in [-0.4, -0.2) is 23.3 Å². The molecule has 2 aromatic rings. The summed E-state index contributed by atoms with van der Waals surface area (Å²) in [6.45, 7) is 6.59. The first kappa shape index (κ1) is 18.4. The number of aryl methyl sites for hydroxylation is 1. The van der Waals surface area contributed by atoms with Crippen LogP contribution >= 0.6 is 22.6 Å². The number of nitrogens with zero attached hydrogens (tertiary/aromatic N) is 1. The summed E-state index contributed by atoms with van der Waals surface area (Å²) in [7, 11) is 0. The van der Waals surface area contributed by atoms with E-state index < -0.39 is 0 Å². The zero-order valence-electron chi connectivity index (χ0n) is 14.1. The van der Waals surface area contributed by atoms with Crippen molar-refractivity contribution >= 4 is 40.1 Å². The number of carbonyl (C=O) groups excluding carboxylic acids is 2. The van der Waals surface area contributed by atoms with Gasteiger partial charge in [0.1, 0.15) is 0 Å². The summed E-state index contributed by atoms with van der Waals surface area (Å²) in [6, 6.07) is 13.3. The van der Waals surface area contributed by atoms with E-state index in [1.54, 1.807) is 11.8 Å². The molecule has 4 nitrogen and oxygen atoms in total. The van der Waals surface area contributed by atoms with Gasteiger partial charge in [0.25, 0.3) is 5.91 Å². The van der Waals surface area contributed by atoms with Gasteiger partial charge < -0.3 is 10.2 Å². The highest BCUT2D eigenvalue weighted by molar-refractivity contribution is 14.1. The van der Waals surface area contributed by atoms with Crippen molar-refractivity contribution in [3.05, 3.63) is 62.7 Å². The lowest BCUT2D eigenvalue weighted by molar-refractivity contribution is -0.129. The van der Waals surface area contributed by atoms with Gasteiger partial charge in [-0.2, -0.15) is 0 Å². The summed E-state index contributed by atoms with van der Waals surface area (Å²) in [4.78, 5) is 26.0. The van der Waals surface area contributed by atoms with Gasteiger partial charge in [0.15, 0.2) is 0 Å². The molecule has 0 aliphatic heterocycles. The van der Waals surface area contributed by atoms with Crippen molar-refractivity contribution in [3.8, 4) is 0 Å². The van der Waals surface area contributed by atoms with E-state index in [1.807, 2.05) is 56.3 Å². The molecule has 0 radical (unpaired) electrons. The molecule has 0 saturated carbocycles. The van der Waals surface area contributed by atoms with Gasteiger partial charge >= 0.3 is 0 Å². The van der Waals surface area contributed by atoms with Crippen LogP contribution in [0, 0.1) is 10.5 Å². The van der Waals surface area contributed by atoms with E-state index in [0.717, 1.165) is 20.4 Å². The highest BCUT2D eigenvalue weighted by atomic mass is 127. The molecule has 0 bridgehead atoms. The van der Waals surface area contributed by atoms with Crippen LogP contribution in [0.15, 0.2) is 42.5 Å². The van der Waals surface area contributed by atoms with Crippen molar-refractivity contribution in [2.45, 2.75) is 27.3 Å². The molecule has 1 N–H and O–H groups in total. The van der Waals surface area contributed by atoms with Crippen molar-refractivity contribution in [2.24, 2.45) is 0 Å². The van der Waals surface area contributed by atoms with Gasteiger partial charge in [-0.05, 0) is 59.7 Å². The number of rotatable bonds is 5. The maximum atomic E-state index is 12.6. The topological polar surface area (TPSA) is 49.4 Å². The number of nitrogens with one attached hydrogen (secondary N) is 1. The molecule has 0 saturated heterocycles. The fraction of sp³-hybridized carbons (Fsp3) is 0.263. The number of halogens is 1. The number of benzene rings is 2. The van der Waals surface area contributed by atoms with Gasteiger partial charge in [-0.25, -0.2) is 0 Å². The maximum Gasteiger partial charge on any atom is 0.256 e. The van der Waals surface area contributed by atoms with Crippen LogP contribution in [0.25, 0.3) is 0 Å². The normalized spacial score (nSPS) is 10.3.